The van der Waals surface area contributed by atoms with E-state index in [1.54, 1.807) is 0 Å². The Kier molecular flexibility index (Phi) is 6.48. The zero-order valence-electron chi connectivity index (χ0n) is 15.1. The average molecular weight is 436 g/mol. The van der Waals surface area contributed by atoms with Crippen molar-refractivity contribution >= 4 is 17.7 Å². The van der Waals surface area contributed by atoms with Crippen molar-refractivity contribution in [2.24, 2.45) is 0 Å². The molecule has 2 amide bonds. The first-order chi connectivity index (χ1) is 13.9. The lowest BCUT2D eigenvalue weighted by Gasteiger charge is -2.33. The lowest BCUT2D eigenvalue weighted by Crippen LogP contribution is -2.68. The molecule has 2 aromatic carbocycles. The second-order valence-electron chi connectivity index (χ2n) is 5.74. The predicted molar refractivity (Wildman–Crippen MR) is 91.5 cm³/mol. The molecule has 0 aliphatic heterocycles. The predicted octanol–water partition coefficient (Wildman–Crippen LogP) is 4.34. The Bertz CT molecular complexity index is 902. The van der Waals surface area contributed by atoms with Crippen LogP contribution in [0.3, 0.4) is 0 Å². The first-order valence-corrected chi connectivity index (χ1v) is 8.04. The second-order valence-corrected chi connectivity index (χ2v) is 5.74. The molecule has 0 heterocycles. The number of methoxy groups -OCH3 is 1. The summed E-state index contributed by atoms with van der Waals surface area (Å²) in [6.07, 6.45) is -10.2. The van der Waals surface area contributed by atoms with Gasteiger partial charge in [0.05, 0.1) is 12.7 Å². The van der Waals surface area contributed by atoms with Crippen LogP contribution < -0.4 is 15.4 Å². The molecule has 0 aliphatic rings. The van der Waals surface area contributed by atoms with Gasteiger partial charge in [-0.05, 0) is 30.3 Å². The molecule has 0 radical (unpaired) electrons. The first-order valence-electron chi connectivity index (χ1n) is 8.04. The van der Waals surface area contributed by atoms with Crippen LogP contribution in [0.25, 0.3) is 0 Å². The molecule has 0 fully saturated rings. The number of nitrogens with one attached hydrogen (secondary N) is 2. The Morgan fingerprint density at radius 2 is 1.53 bits per heavy atom. The highest BCUT2D eigenvalue weighted by atomic mass is 19.4. The van der Waals surface area contributed by atoms with E-state index in [2.05, 4.69) is 4.74 Å². The van der Waals surface area contributed by atoms with Gasteiger partial charge >= 0.3 is 30.1 Å². The number of halogens is 6. The van der Waals surface area contributed by atoms with Gasteiger partial charge < -0.3 is 14.8 Å². The number of urea groups is 1. The van der Waals surface area contributed by atoms with Gasteiger partial charge in [0.2, 0.25) is 0 Å². The highest BCUT2D eigenvalue weighted by Gasteiger charge is 2.66. The van der Waals surface area contributed by atoms with Crippen LogP contribution in [-0.4, -0.2) is 31.0 Å². The molecule has 0 saturated carbocycles. The molecular weight excluding hydrogens is 422 g/mol. The number of para-hydroxylation sites is 1. The number of hydrogen-bond acceptors (Lipinski definition) is 4. The molecule has 0 aromatic heterocycles. The van der Waals surface area contributed by atoms with Crippen molar-refractivity contribution in [2.45, 2.75) is 18.1 Å². The second kappa shape index (κ2) is 8.51. The number of carbonyl (C=O) groups excluding carboxylic acids is 2. The molecule has 0 aliphatic carbocycles. The van der Waals surface area contributed by atoms with Crippen LogP contribution in [0.5, 0.6) is 5.75 Å². The number of carbonyl (C=O) groups is 2. The Morgan fingerprint density at radius 3 is 2.07 bits per heavy atom. The largest absolute Gasteiger partial charge is 0.464 e. The van der Waals surface area contributed by atoms with Crippen LogP contribution in [0.1, 0.15) is 5.56 Å². The van der Waals surface area contributed by atoms with E-state index >= 15 is 0 Å². The molecule has 162 valence electrons. The highest BCUT2D eigenvalue weighted by Crippen LogP contribution is 2.35. The van der Waals surface area contributed by atoms with Gasteiger partial charge in [0.15, 0.2) is 0 Å². The van der Waals surface area contributed by atoms with Crippen molar-refractivity contribution in [2.75, 3.05) is 12.4 Å². The molecule has 0 spiro atoms. The van der Waals surface area contributed by atoms with E-state index < -0.39 is 47.1 Å². The van der Waals surface area contributed by atoms with Crippen molar-refractivity contribution < 1.29 is 45.4 Å². The van der Waals surface area contributed by atoms with Crippen LogP contribution in [-0.2, 0) is 15.7 Å². The maximum Gasteiger partial charge on any atom is 0.460 e. The summed E-state index contributed by atoms with van der Waals surface area (Å²) < 4.78 is 88.6. The fourth-order valence-corrected chi connectivity index (χ4v) is 2.27. The fourth-order valence-electron chi connectivity index (χ4n) is 2.27. The topological polar surface area (TPSA) is 76.7 Å². The Morgan fingerprint density at radius 1 is 0.900 bits per heavy atom. The number of esters is 1. The minimum Gasteiger partial charge on any atom is -0.464 e. The van der Waals surface area contributed by atoms with Gasteiger partial charge in [0.25, 0.3) is 0 Å². The molecule has 12 heteroatoms. The van der Waals surface area contributed by atoms with Gasteiger partial charge in [0.1, 0.15) is 5.75 Å². The van der Waals surface area contributed by atoms with Crippen LogP contribution in [0.15, 0.2) is 54.6 Å². The highest BCUT2D eigenvalue weighted by molar-refractivity contribution is 5.94. The van der Waals surface area contributed by atoms with E-state index in [0.29, 0.717) is 19.2 Å². The summed E-state index contributed by atoms with van der Waals surface area (Å²) >= 11 is 0. The SMILES string of the molecule is COC(=O)[C@](NC(=O)Nc1cccc(C(F)(F)F)c1)(Oc1ccccc1)C(F)(F)F. The quantitative estimate of drug-likeness (QED) is 0.416. The van der Waals surface area contributed by atoms with Gasteiger partial charge in [0, 0.05) is 5.69 Å². The van der Waals surface area contributed by atoms with Gasteiger partial charge in [-0.25, -0.2) is 9.59 Å². The Hall–Kier alpha value is -3.44. The minimum atomic E-state index is -5.50. The number of ether oxygens (including phenoxy) is 2. The van der Waals surface area contributed by atoms with Crippen molar-refractivity contribution in [3.8, 4) is 5.75 Å². The molecule has 2 rings (SSSR count). The minimum absolute atomic E-state index is 0.431. The number of rotatable bonds is 5. The zero-order chi connectivity index (χ0) is 22.6. The number of anilines is 1. The number of alkyl halides is 6. The molecular formula is C18H14F6N2O4. The van der Waals surface area contributed by atoms with E-state index in [0.717, 1.165) is 24.3 Å². The molecule has 2 aromatic rings. The summed E-state index contributed by atoms with van der Waals surface area (Å²) in [5, 5.41) is 3.13. The standard InChI is InChI=1S/C18H14F6N2O4/c1-29-14(27)16(18(22,23)24,30-13-8-3-2-4-9-13)26-15(28)25-12-7-5-6-11(10-12)17(19,20)21/h2-10H,1H3,(H2,25,26,28)/t16-/m0/s1. The molecule has 0 saturated heterocycles. The maximum atomic E-state index is 13.8. The van der Waals surface area contributed by atoms with Crippen LogP contribution in [0, 0.1) is 0 Å². The molecule has 30 heavy (non-hydrogen) atoms. The van der Waals surface area contributed by atoms with E-state index in [4.69, 9.17) is 4.74 Å². The summed E-state index contributed by atoms with van der Waals surface area (Å²) in [5.41, 5.74) is -5.58. The van der Waals surface area contributed by atoms with Crippen molar-refractivity contribution in [1.29, 1.82) is 0 Å². The average Bonchev–Trinajstić information content (AvgIpc) is 2.66. The first kappa shape index (κ1) is 22.8. The van der Waals surface area contributed by atoms with Gasteiger partial charge in [-0.15, -0.1) is 0 Å². The summed E-state index contributed by atoms with van der Waals surface area (Å²) in [6.45, 7) is 0. The molecule has 0 bridgehead atoms. The third-order valence-corrected chi connectivity index (χ3v) is 3.62. The van der Waals surface area contributed by atoms with Crippen molar-refractivity contribution in [3.63, 3.8) is 0 Å². The van der Waals surface area contributed by atoms with Gasteiger partial charge in [-0.3, -0.25) is 5.32 Å². The number of benzene rings is 2. The monoisotopic (exact) mass is 436 g/mol. The summed E-state index contributed by atoms with van der Waals surface area (Å²) in [7, 11) is 0.642. The summed E-state index contributed by atoms with van der Waals surface area (Å²) in [4.78, 5) is 24.2. The van der Waals surface area contributed by atoms with E-state index in [1.165, 1.54) is 23.5 Å². The smallest absolute Gasteiger partial charge is 0.460 e. The summed E-state index contributed by atoms with van der Waals surface area (Å²) in [5.74, 6) is -2.43. The third kappa shape index (κ3) is 5.13. The van der Waals surface area contributed by atoms with Crippen LogP contribution in [0.4, 0.5) is 36.8 Å². The Labute approximate surface area is 165 Å². The summed E-state index contributed by atoms with van der Waals surface area (Å²) in [6, 6.07) is 7.79. The lowest BCUT2D eigenvalue weighted by molar-refractivity contribution is -0.258. The van der Waals surface area contributed by atoms with Crippen LogP contribution >= 0.6 is 0 Å². The van der Waals surface area contributed by atoms with Crippen LogP contribution in [0.2, 0.25) is 0 Å². The lowest BCUT2D eigenvalue weighted by atomic mass is 10.2. The van der Waals surface area contributed by atoms with Gasteiger partial charge in [-0.2, -0.15) is 26.3 Å². The van der Waals surface area contributed by atoms with Crippen molar-refractivity contribution in [3.05, 3.63) is 60.2 Å². The molecule has 0 unspecified atom stereocenters. The fraction of sp³-hybridized carbons (Fsp3) is 0.222. The van der Waals surface area contributed by atoms with Gasteiger partial charge in [-0.1, -0.05) is 24.3 Å². The number of amides is 2. The number of hydrogen-bond donors (Lipinski definition) is 2. The van der Waals surface area contributed by atoms with Crippen molar-refractivity contribution in [1.82, 2.24) is 5.32 Å². The third-order valence-electron chi connectivity index (χ3n) is 3.62. The molecule has 2 N–H and O–H groups in total. The van der Waals surface area contributed by atoms with E-state index in [1.807, 2.05) is 5.32 Å². The van der Waals surface area contributed by atoms with E-state index in [9.17, 15) is 35.9 Å². The maximum absolute atomic E-state index is 13.8. The normalized spacial score (nSPS) is 13.7. The molecule has 6 nitrogen and oxygen atoms in total. The Balaban J connectivity index is 2.36. The zero-order valence-corrected chi connectivity index (χ0v) is 15.1. The van der Waals surface area contributed by atoms with E-state index in [-0.39, 0.29) is 0 Å². The molecule has 1 atom stereocenters.